The number of methoxy groups -OCH3 is 1. The van der Waals surface area contributed by atoms with Crippen LogP contribution in [0, 0.1) is 6.92 Å². The van der Waals surface area contributed by atoms with Crippen molar-refractivity contribution >= 4 is 21.6 Å². The fraction of sp³-hybridized carbons (Fsp3) is 0.458. The van der Waals surface area contributed by atoms with Gasteiger partial charge in [-0.2, -0.15) is 4.31 Å². The standard InChI is InChI=1S/C24H33N3O4S/c1-5-27(6-2)32(29,30)20-11-12-22(26-13-7-8-14-26)21(16-20)24(28)25-17-19-10-9-18(3)23(15-19)31-4/h9-12,15-16H,5-8,13-14,17H2,1-4H3,(H,25,28). The van der Waals surface area contributed by atoms with Crippen molar-refractivity contribution in [3.63, 3.8) is 0 Å². The van der Waals surface area contributed by atoms with Gasteiger partial charge in [0.15, 0.2) is 0 Å². The Morgan fingerprint density at radius 1 is 1.09 bits per heavy atom. The molecule has 0 unspecified atom stereocenters. The molecular formula is C24H33N3O4S. The van der Waals surface area contributed by atoms with Crippen LogP contribution >= 0.6 is 0 Å². The summed E-state index contributed by atoms with van der Waals surface area (Å²) < 4.78 is 32.9. The quantitative estimate of drug-likeness (QED) is 0.620. The molecule has 0 bridgehead atoms. The fourth-order valence-corrected chi connectivity index (χ4v) is 5.54. The highest BCUT2D eigenvalue weighted by Gasteiger charge is 2.26. The van der Waals surface area contributed by atoms with Crippen LogP contribution in [0.3, 0.4) is 0 Å². The Kier molecular flexibility index (Phi) is 7.79. The molecule has 174 valence electrons. The van der Waals surface area contributed by atoms with Gasteiger partial charge in [-0.3, -0.25) is 4.79 Å². The summed E-state index contributed by atoms with van der Waals surface area (Å²) in [5, 5.41) is 2.96. The van der Waals surface area contributed by atoms with Gasteiger partial charge in [0.25, 0.3) is 5.91 Å². The molecule has 1 saturated heterocycles. The minimum absolute atomic E-state index is 0.145. The Morgan fingerprint density at radius 3 is 2.41 bits per heavy atom. The molecule has 0 radical (unpaired) electrons. The van der Waals surface area contributed by atoms with Gasteiger partial charge in [-0.15, -0.1) is 0 Å². The molecule has 1 fully saturated rings. The minimum atomic E-state index is -3.66. The van der Waals surface area contributed by atoms with Crippen molar-refractivity contribution in [3.8, 4) is 5.75 Å². The largest absolute Gasteiger partial charge is 0.496 e. The number of ether oxygens (including phenoxy) is 1. The summed E-state index contributed by atoms with van der Waals surface area (Å²) in [5.41, 5.74) is 3.10. The molecule has 0 spiro atoms. The predicted molar refractivity (Wildman–Crippen MR) is 127 cm³/mol. The van der Waals surface area contributed by atoms with Crippen LogP contribution in [0.1, 0.15) is 48.2 Å². The number of amides is 1. The molecule has 0 saturated carbocycles. The third-order valence-electron chi connectivity index (χ3n) is 5.93. The van der Waals surface area contributed by atoms with Crippen molar-refractivity contribution in [1.29, 1.82) is 0 Å². The highest BCUT2D eigenvalue weighted by Crippen LogP contribution is 2.29. The lowest BCUT2D eigenvalue weighted by atomic mass is 10.1. The number of hydrogen-bond acceptors (Lipinski definition) is 5. The van der Waals surface area contributed by atoms with Crippen LogP contribution in [-0.2, 0) is 16.6 Å². The number of carbonyl (C=O) groups excluding carboxylic acids is 1. The Hall–Kier alpha value is -2.58. The number of nitrogens with zero attached hydrogens (tertiary/aromatic N) is 2. The van der Waals surface area contributed by atoms with Gasteiger partial charge < -0.3 is 15.0 Å². The molecule has 1 aliphatic heterocycles. The van der Waals surface area contributed by atoms with E-state index in [1.54, 1.807) is 19.2 Å². The van der Waals surface area contributed by atoms with Gasteiger partial charge in [0.1, 0.15) is 5.75 Å². The van der Waals surface area contributed by atoms with E-state index in [0.717, 1.165) is 48.5 Å². The van der Waals surface area contributed by atoms with Gasteiger partial charge in [0.2, 0.25) is 10.0 Å². The summed E-state index contributed by atoms with van der Waals surface area (Å²) in [6.07, 6.45) is 2.12. The molecule has 1 heterocycles. The Labute approximate surface area is 191 Å². The van der Waals surface area contributed by atoms with Gasteiger partial charge in [0, 0.05) is 38.4 Å². The third-order valence-corrected chi connectivity index (χ3v) is 7.97. The van der Waals surface area contributed by atoms with Crippen molar-refractivity contribution in [2.24, 2.45) is 0 Å². The molecule has 3 rings (SSSR count). The van der Waals surface area contributed by atoms with E-state index in [2.05, 4.69) is 10.2 Å². The summed E-state index contributed by atoms with van der Waals surface area (Å²) in [6.45, 7) is 8.38. The predicted octanol–water partition coefficient (Wildman–Crippen LogP) is 3.56. The van der Waals surface area contributed by atoms with E-state index < -0.39 is 10.0 Å². The molecular weight excluding hydrogens is 426 g/mol. The lowest BCUT2D eigenvalue weighted by Gasteiger charge is -2.23. The maximum atomic E-state index is 13.2. The van der Waals surface area contributed by atoms with Crippen LogP contribution in [-0.4, -0.2) is 51.9 Å². The van der Waals surface area contributed by atoms with E-state index in [4.69, 9.17) is 4.74 Å². The molecule has 0 atom stereocenters. The third kappa shape index (κ3) is 5.07. The Balaban J connectivity index is 1.92. The van der Waals surface area contributed by atoms with Crippen LogP contribution < -0.4 is 15.0 Å². The van der Waals surface area contributed by atoms with Crippen molar-refractivity contribution in [2.75, 3.05) is 38.2 Å². The van der Waals surface area contributed by atoms with Crippen molar-refractivity contribution < 1.29 is 17.9 Å². The van der Waals surface area contributed by atoms with Crippen LogP contribution in [0.5, 0.6) is 5.75 Å². The highest BCUT2D eigenvalue weighted by molar-refractivity contribution is 7.89. The average molecular weight is 460 g/mol. The van der Waals surface area contributed by atoms with E-state index in [1.165, 1.54) is 10.4 Å². The highest BCUT2D eigenvalue weighted by atomic mass is 32.2. The smallest absolute Gasteiger partial charge is 0.253 e. The molecule has 7 nitrogen and oxygen atoms in total. The Bertz CT molecular complexity index is 1060. The number of aryl methyl sites for hydroxylation is 1. The molecule has 2 aromatic carbocycles. The van der Waals surface area contributed by atoms with Crippen LogP contribution in [0.2, 0.25) is 0 Å². The average Bonchev–Trinajstić information content (AvgIpc) is 3.33. The molecule has 8 heteroatoms. The number of benzene rings is 2. The Morgan fingerprint density at radius 2 is 1.78 bits per heavy atom. The van der Waals surface area contributed by atoms with E-state index in [9.17, 15) is 13.2 Å². The summed E-state index contributed by atoms with van der Waals surface area (Å²) in [4.78, 5) is 15.5. The maximum Gasteiger partial charge on any atom is 0.253 e. The maximum absolute atomic E-state index is 13.2. The lowest BCUT2D eigenvalue weighted by Crippen LogP contribution is -2.32. The molecule has 1 N–H and O–H groups in total. The number of sulfonamides is 1. The first-order chi connectivity index (χ1) is 15.3. The first-order valence-electron chi connectivity index (χ1n) is 11.1. The SMILES string of the molecule is CCN(CC)S(=O)(=O)c1ccc(N2CCCC2)c(C(=O)NCc2ccc(C)c(OC)c2)c1. The van der Waals surface area contributed by atoms with E-state index in [0.29, 0.717) is 25.2 Å². The normalized spacial score (nSPS) is 14.1. The zero-order chi connectivity index (χ0) is 23.3. The summed E-state index contributed by atoms with van der Waals surface area (Å²) >= 11 is 0. The van der Waals surface area contributed by atoms with Gasteiger partial charge in [0.05, 0.1) is 17.6 Å². The fourth-order valence-electron chi connectivity index (χ4n) is 4.06. The molecule has 1 amide bonds. The second kappa shape index (κ2) is 10.4. The second-order valence-corrected chi connectivity index (χ2v) is 9.89. The number of nitrogens with one attached hydrogen (secondary N) is 1. The van der Waals surface area contributed by atoms with Crippen LogP contribution in [0.4, 0.5) is 5.69 Å². The van der Waals surface area contributed by atoms with Gasteiger partial charge >= 0.3 is 0 Å². The van der Waals surface area contributed by atoms with E-state index >= 15 is 0 Å². The molecule has 0 aliphatic carbocycles. The molecule has 1 aliphatic rings. The zero-order valence-corrected chi connectivity index (χ0v) is 20.2. The number of carbonyl (C=O) groups is 1. The van der Waals surface area contributed by atoms with Gasteiger partial charge in [-0.25, -0.2) is 8.42 Å². The second-order valence-electron chi connectivity index (χ2n) is 7.95. The number of hydrogen-bond donors (Lipinski definition) is 1. The van der Waals surface area contributed by atoms with E-state index in [1.807, 2.05) is 39.0 Å². The van der Waals surface area contributed by atoms with E-state index in [-0.39, 0.29) is 10.8 Å². The summed E-state index contributed by atoms with van der Waals surface area (Å²) in [5.74, 6) is 0.477. The molecule has 2 aromatic rings. The first kappa shape index (κ1) is 24.1. The molecule has 32 heavy (non-hydrogen) atoms. The first-order valence-corrected chi connectivity index (χ1v) is 12.6. The van der Waals surface area contributed by atoms with Gasteiger partial charge in [-0.1, -0.05) is 26.0 Å². The number of anilines is 1. The zero-order valence-electron chi connectivity index (χ0n) is 19.3. The van der Waals surface area contributed by atoms with Crippen LogP contribution in [0.15, 0.2) is 41.3 Å². The van der Waals surface area contributed by atoms with Crippen molar-refractivity contribution in [2.45, 2.75) is 45.1 Å². The monoisotopic (exact) mass is 459 g/mol. The summed E-state index contributed by atoms with van der Waals surface area (Å²) in [6, 6.07) is 10.7. The van der Waals surface area contributed by atoms with Crippen molar-refractivity contribution in [1.82, 2.24) is 9.62 Å². The number of rotatable bonds is 9. The lowest BCUT2D eigenvalue weighted by molar-refractivity contribution is 0.0951. The molecule has 0 aromatic heterocycles. The van der Waals surface area contributed by atoms with Crippen molar-refractivity contribution in [3.05, 3.63) is 53.1 Å². The van der Waals surface area contributed by atoms with Crippen LogP contribution in [0.25, 0.3) is 0 Å². The van der Waals surface area contributed by atoms with Gasteiger partial charge in [-0.05, 0) is 55.2 Å². The minimum Gasteiger partial charge on any atom is -0.496 e. The summed E-state index contributed by atoms with van der Waals surface area (Å²) in [7, 11) is -2.04. The topological polar surface area (TPSA) is 79.0 Å².